The highest BCUT2D eigenvalue weighted by Gasteiger charge is 2.34. The number of morpholine rings is 1. The van der Waals surface area contributed by atoms with Crippen molar-refractivity contribution in [1.29, 1.82) is 0 Å². The number of phenolic OH excluding ortho intramolecular Hbond substituents is 1. The summed E-state index contributed by atoms with van der Waals surface area (Å²) in [5.41, 5.74) is 5.77. The maximum absolute atomic E-state index is 15.2. The minimum Gasteiger partial charge on any atom is -0.508 e. The lowest BCUT2D eigenvalue weighted by molar-refractivity contribution is 0.0193. The van der Waals surface area contributed by atoms with Crippen molar-refractivity contribution in [3.63, 3.8) is 0 Å². The first-order valence-electron chi connectivity index (χ1n) is 18.1. The number of fused-ring (bicyclic) bond motifs is 1. The lowest BCUT2D eigenvalue weighted by atomic mass is 9.92. The van der Waals surface area contributed by atoms with Crippen molar-refractivity contribution in [2.45, 2.75) is 38.4 Å². The zero-order valence-corrected chi connectivity index (χ0v) is 30.0. The van der Waals surface area contributed by atoms with Crippen LogP contribution in [-0.4, -0.2) is 93.2 Å². The summed E-state index contributed by atoms with van der Waals surface area (Å²) in [6.45, 7) is 7.11. The summed E-state index contributed by atoms with van der Waals surface area (Å²) in [6.07, 6.45) is 5.02. The number of ether oxygens (including phenoxy) is 2. The fraction of sp³-hybridized carbons (Fsp3) is 0.341. The maximum Gasteiger partial charge on any atom is 0.264 e. The first kappa shape index (κ1) is 34.8. The van der Waals surface area contributed by atoms with Gasteiger partial charge in [0.15, 0.2) is 0 Å². The Morgan fingerprint density at radius 2 is 1.72 bits per heavy atom. The number of nitrogens with zero attached hydrogens (tertiary/aromatic N) is 6. The summed E-state index contributed by atoms with van der Waals surface area (Å²) in [4.78, 5) is 35.3. The molecule has 2 fully saturated rings. The van der Waals surface area contributed by atoms with Crippen LogP contribution in [0.3, 0.4) is 0 Å². The van der Waals surface area contributed by atoms with Crippen LogP contribution in [0.25, 0.3) is 11.3 Å². The molecule has 3 aliphatic rings. The maximum atomic E-state index is 15.2. The molecule has 0 spiro atoms. The topological polar surface area (TPSA) is 105 Å². The van der Waals surface area contributed by atoms with Gasteiger partial charge in [0.1, 0.15) is 11.6 Å². The van der Waals surface area contributed by atoms with Gasteiger partial charge in [-0.15, -0.1) is 0 Å². The highest BCUT2D eigenvalue weighted by Crippen LogP contribution is 2.36. The molecule has 53 heavy (non-hydrogen) atoms. The van der Waals surface area contributed by atoms with Crippen molar-refractivity contribution in [3.05, 3.63) is 119 Å². The number of anilines is 2. The quantitative estimate of drug-likeness (QED) is 0.214. The Morgan fingerprint density at radius 1 is 0.943 bits per heavy atom. The number of aromatic nitrogens is 3. The van der Waals surface area contributed by atoms with Crippen LogP contribution < -0.4 is 4.90 Å². The monoisotopic (exact) mass is 718 g/mol. The van der Waals surface area contributed by atoms with E-state index in [1.165, 1.54) is 29.8 Å². The van der Waals surface area contributed by atoms with Crippen LogP contribution in [0.2, 0.25) is 0 Å². The lowest BCUT2D eigenvalue weighted by Gasteiger charge is -2.40. The van der Waals surface area contributed by atoms with E-state index in [9.17, 15) is 14.7 Å². The number of benzene rings is 3. The van der Waals surface area contributed by atoms with E-state index in [0.29, 0.717) is 79.0 Å². The first-order chi connectivity index (χ1) is 25.7. The third-order valence-electron chi connectivity index (χ3n) is 10.9. The number of amides is 2. The Bertz CT molecular complexity index is 2130. The van der Waals surface area contributed by atoms with Gasteiger partial charge in [-0.2, -0.15) is 5.10 Å². The van der Waals surface area contributed by atoms with Gasteiger partial charge in [0.2, 0.25) is 0 Å². The highest BCUT2D eigenvalue weighted by atomic mass is 19.1. The zero-order valence-electron chi connectivity index (χ0n) is 30.0. The van der Waals surface area contributed by atoms with Crippen molar-refractivity contribution < 1.29 is 28.6 Å². The summed E-state index contributed by atoms with van der Waals surface area (Å²) < 4.78 is 30.0. The Balaban J connectivity index is 1.16. The van der Waals surface area contributed by atoms with Crippen LogP contribution >= 0.6 is 0 Å². The normalized spacial score (nSPS) is 19.0. The summed E-state index contributed by atoms with van der Waals surface area (Å²) in [6, 6.07) is 20.6. The molecule has 0 saturated carbocycles. The van der Waals surface area contributed by atoms with Crippen molar-refractivity contribution in [2.24, 2.45) is 7.05 Å². The zero-order chi connectivity index (χ0) is 36.6. The molecular formula is C41H43FN6O5. The third-order valence-corrected chi connectivity index (χ3v) is 10.9. The lowest BCUT2D eigenvalue weighted by Crippen LogP contribution is -2.52. The van der Waals surface area contributed by atoms with Crippen molar-refractivity contribution in [1.82, 2.24) is 24.1 Å². The summed E-state index contributed by atoms with van der Waals surface area (Å²) >= 11 is 0. The van der Waals surface area contributed by atoms with Crippen molar-refractivity contribution in [3.8, 4) is 17.0 Å². The average Bonchev–Trinajstić information content (AvgIpc) is 3.94. The Morgan fingerprint density at radius 3 is 2.47 bits per heavy atom. The van der Waals surface area contributed by atoms with Gasteiger partial charge in [0.05, 0.1) is 43.3 Å². The van der Waals surface area contributed by atoms with E-state index in [1.807, 2.05) is 46.4 Å². The smallest absolute Gasteiger partial charge is 0.264 e. The number of phenols is 1. The number of rotatable bonds is 8. The molecule has 0 aliphatic carbocycles. The van der Waals surface area contributed by atoms with Gasteiger partial charge in [-0.1, -0.05) is 24.3 Å². The fourth-order valence-electron chi connectivity index (χ4n) is 7.79. The largest absolute Gasteiger partial charge is 0.508 e. The van der Waals surface area contributed by atoms with E-state index < -0.39 is 5.82 Å². The molecule has 0 radical (unpaired) electrons. The third kappa shape index (κ3) is 6.85. The predicted molar refractivity (Wildman–Crippen MR) is 198 cm³/mol. The number of aromatic hydroxyl groups is 1. The van der Waals surface area contributed by atoms with Crippen LogP contribution in [-0.2, 0) is 29.5 Å². The van der Waals surface area contributed by atoms with E-state index in [1.54, 1.807) is 35.4 Å². The molecule has 5 aromatic rings. The molecule has 0 bridgehead atoms. The Kier molecular flexibility index (Phi) is 9.59. The second kappa shape index (κ2) is 14.6. The molecule has 0 unspecified atom stereocenters. The van der Waals surface area contributed by atoms with Gasteiger partial charge < -0.3 is 24.0 Å². The van der Waals surface area contributed by atoms with E-state index in [-0.39, 0.29) is 29.6 Å². The number of hydrogen-bond donors (Lipinski definition) is 1. The molecule has 2 atom stereocenters. The van der Waals surface area contributed by atoms with Gasteiger partial charge >= 0.3 is 0 Å². The van der Waals surface area contributed by atoms with Gasteiger partial charge in [-0.25, -0.2) is 4.39 Å². The van der Waals surface area contributed by atoms with Crippen LogP contribution in [0.1, 0.15) is 50.0 Å². The second-order valence-electron chi connectivity index (χ2n) is 14.1. The van der Waals surface area contributed by atoms with E-state index in [4.69, 9.17) is 9.47 Å². The molecule has 8 rings (SSSR count). The average molecular weight is 719 g/mol. The predicted octanol–water partition coefficient (Wildman–Crippen LogP) is 5.88. The highest BCUT2D eigenvalue weighted by molar-refractivity contribution is 6.12. The molecule has 2 amide bonds. The van der Waals surface area contributed by atoms with Crippen LogP contribution in [0.15, 0.2) is 85.2 Å². The van der Waals surface area contributed by atoms with Gasteiger partial charge in [0, 0.05) is 80.3 Å². The number of carbonyl (C=O) groups is 2. The minimum absolute atomic E-state index is 0.0661. The van der Waals surface area contributed by atoms with E-state index in [0.717, 1.165) is 31.5 Å². The second-order valence-corrected chi connectivity index (χ2v) is 14.1. The Hall–Kier alpha value is -5.30. The van der Waals surface area contributed by atoms with Gasteiger partial charge in [-0.3, -0.25) is 24.1 Å². The van der Waals surface area contributed by atoms with Crippen LogP contribution in [0.4, 0.5) is 15.8 Å². The first-order valence-corrected chi connectivity index (χ1v) is 18.1. The molecule has 12 heteroatoms. The standard InChI is InChI=1S/C41H43FN6O5/c1-27-37(41(51)48(31-8-10-35(49)11-9-31)34-22-43-47(25-34)32-13-16-53-26-32)21-39(44(27)2)38-20-30(42)7-12-36(38)40(50)46-23-29-6-4-3-5-28(29)19-33(46)24-45-14-17-52-18-15-45/h3-12,20-22,25,32-33,49H,13-19,23-24,26H2,1-2H3/t32-,33-/m0/s1. The summed E-state index contributed by atoms with van der Waals surface area (Å²) in [7, 11) is 1.82. The number of hydrogen-bond acceptors (Lipinski definition) is 7. The van der Waals surface area contributed by atoms with Crippen molar-refractivity contribution >= 4 is 23.2 Å². The summed E-state index contributed by atoms with van der Waals surface area (Å²) in [5, 5.41) is 14.6. The van der Waals surface area contributed by atoms with Crippen LogP contribution in [0, 0.1) is 12.7 Å². The van der Waals surface area contributed by atoms with Crippen LogP contribution in [0.5, 0.6) is 5.75 Å². The molecule has 3 aromatic carbocycles. The molecule has 2 saturated heterocycles. The van der Waals surface area contributed by atoms with E-state index in [2.05, 4.69) is 22.1 Å². The van der Waals surface area contributed by atoms with Crippen molar-refractivity contribution in [2.75, 3.05) is 51.0 Å². The fourth-order valence-corrected chi connectivity index (χ4v) is 7.79. The van der Waals surface area contributed by atoms with Gasteiger partial charge in [-0.05, 0) is 79.4 Å². The molecule has 1 N–H and O–H groups in total. The molecule has 2 aromatic heterocycles. The SMILES string of the molecule is Cc1c(C(=O)N(c2ccc(O)cc2)c2cnn([C@H]3CCOC3)c2)cc(-c2cc(F)ccc2C(=O)N2Cc3ccccc3C[C@H]2CN2CCOCC2)n1C. The Labute approximate surface area is 307 Å². The molecule has 274 valence electrons. The number of halogens is 1. The molecule has 3 aliphatic heterocycles. The van der Waals surface area contributed by atoms with Gasteiger partial charge in [0.25, 0.3) is 11.8 Å². The molecular weight excluding hydrogens is 675 g/mol. The minimum atomic E-state index is -0.480. The van der Waals surface area contributed by atoms with E-state index >= 15 is 4.39 Å². The molecule has 11 nitrogen and oxygen atoms in total. The number of carbonyl (C=O) groups excluding carboxylic acids is 2. The molecule has 5 heterocycles. The summed E-state index contributed by atoms with van der Waals surface area (Å²) in [5.74, 6) is -0.926.